The van der Waals surface area contributed by atoms with Crippen LogP contribution in [0.3, 0.4) is 0 Å². The molecule has 10 heteroatoms. The number of hydrogen-bond acceptors (Lipinski definition) is 5. The van der Waals surface area contributed by atoms with Crippen molar-refractivity contribution in [3.63, 3.8) is 0 Å². The maximum Gasteiger partial charge on any atom is 0.352 e. The molecule has 3 amide bonds. The van der Waals surface area contributed by atoms with Gasteiger partial charge in [0.1, 0.15) is 11.7 Å². The number of carboxylic acid groups (broad SMARTS) is 1. The topological polar surface area (TPSA) is 166 Å². The third kappa shape index (κ3) is 7.60. The summed E-state index contributed by atoms with van der Waals surface area (Å²) < 4.78 is 0. The minimum Gasteiger partial charge on any atom is -0.477 e. The highest BCUT2D eigenvalue weighted by Crippen LogP contribution is 2.29. The number of fused-ring (bicyclic) bond motifs is 1. The van der Waals surface area contributed by atoms with Crippen LogP contribution in [0, 0.1) is 18.8 Å². The van der Waals surface area contributed by atoms with Crippen molar-refractivity contribution in [1.29, 1.82) is 0 Å². The largest absolute Gasteiger partial charge is 0.477 e. The Balaban J connectivity index is 1.17. The first-order valence-electron chi connectivity index (χ1n) is 16.8. The van der Waals surface area contributed by atoms with E-state index in [0.717, 1.165) is 67.2 Å². The van der Waals surface area contributed by atoms with Crippen molar-refractivity contribution in [3.05, 3.63) is 89.1 Å². The van der Waals surface area contributed by atoms with Gasteiger partial charge in [-0.1, -0.05) is 36.4 Å². The monoisotopic (exact) mass is 649 g/mol. The Hall–Kier alpha value is -4.96. The number of aromatic nitrogens is 1. The predicted octanol–water partition coefficient (Wildman–Crippen LogP) is 5.55. The number of anilines is 1. The molecule has 10 nitrogen and oxygen atoms in total. The molecule has 0 radical (unpaired) electrons. The number of carbonyl (C=O) groups excluding carboxylic acids is 3. The van der Waals surface area contributed by atoms with Crippen LogP contribution in [-0.4, -0.2) is 52.4 Å². The summed E-state index contributed by atoms with van der Waals surface area (Å²) in [5.74, 6) is -1.34. The van der Waals surface area contributed by atoms with Crippen molar-refractivity contribution >= 4 is 40.3 Å². The average Bonchev–Trinajstić information content (AvgIpc) is 3.50. The molecule has 0 bridgehead atoms. The van der Waals surface area contributed by atoms with Crippen LogP contribution in [0.15, 0.2) is 66.7 Å². The van der Waals surface area contributed by atoms with Crippen LogP contribution in [-0.2, 0) is 16.0 Å². The molecule has 3 aromatic carbocycles. The molecule has 0 spiro atoms. The summed E-state index contributed by atoms with van der Waals surface area (Å²) in [6.45, 7) is 2.61. The Bertz CT molecular complexity index is 1820. The molecule has 0 aliphatic heterocycles. The zero-order chi connectivity index (χ0) is 33.8. The Morgan fingerprint density at radius 2 is 1.67 bits per heavy atom. The molecule has 6 rings (SSSR count). The van der Waals surface area contributed by atoms with Crippen molar-refractivity contribution in [2.24, 2.45) is 17.6 Å². The lowest BCUT2D eigenvalue weighted by Crippen LogP contribution is -2.48. The van der Waals surface area contributed by atoms with Crippen molar-refractivity contribution in [3.8, 4) is 11.1 Å². The van der Waals surface area contributed by atoms with E-state index < -0.39 is 12.0 Å². The van der Waals surface area contributed by atoms with Crippen LogP contribution in [0.4, 0.5) is 5.69 Å². The number of rotatable bonds is 11. The second kappa shape index (κ2) is 14.4. The number of aromatic carboxylic acids is 1. The highest BCUT2D eigenvalue weighted by molar-refractivity contribution is 6.00. The van der Waals surface area contributed by atoms with Crippen molar-refractivity contribution in [1.82, 2.24) is 15.6 Å². The van der Waals surface area contributed by atoms with Crippen LogP contribution in [0.2, 0.25) is 0 Å². The number of nitrogens with one attached hydrogen (secondary N) is 4. The summed E-state index contributed by atoms with van der Waals surface area (Å²) in [7, 11) is 0. The van der Waals surface area contributed by atoms with E-state index in [2.05, 4.69) is 20.9 Å². The van der Waals surface area contributed by atoms with Gasteiger partial charge < -0.3 is 31.8 Å². The average molecular weight is 650 g/mol. The van der Waals surface area contributed by atoms with Crippen molar-refractivity contribution < 1.29 is 24.3 Å². The zero-order valence-corrected chi connectivity index (χ0v) is 27.2. The number of carboxylic acids is 1. The smallest absolute Gasteiger partial charge is 0.352 e. The van der Waals surface area contributed by atoms with E-state index in [-0.39, 0.29) is 41.8 Å². The lowest BCUT2D eigenvalue weighted by Gasteiger charge is -2.28. The van der Waals surface area contributed by atoms with Gasteiger partial charge in [0.25, 0.3) is 5.91 Å². The zero-order valence-electron chi connectivity index (χ0n) is 27.2. The molecule has 2 fully saturated rings. The van der Waals surface area contributed by atoms with Gasteiger partial charge in [-0.15, -0.1) is 0 Å². The number of nitrogens with two attached hydrogens (primary N) is 1. The molecule has 2 aliphatic carbocycles. The van der Waals surface area contributed by atoms with Crippen LogP contribution < -0.4 is 21.7 Å². The molecule has 1 atom stereocenters. The fourth-order valence-corrected chi connectivity index (χ4v) is 6.71. The normalized spacial score (nSPS) is 18.5. The minimum atomic E-state index is -1.06. The highest BCUT2D eigenvalue weighted by Gasteiger charge is 2.29. The standard InChI is InChI=1S/C38H43N5O5/c1-22-17-28(36(45)40-29-3-2-4-29)14-16-31(22)25-9-5-23(6-10-25)18-33(43-35(44)26-11-7-24(21-39)8-12-26)37(46)41-30-15-13-27-19-34(38(47)48)42-32(27)20-30/h5-6,9-10,13-17,19-20,24,26,29,33,42H,2-4,7-8,11-12,18,21,39H2,1H3,(H,40,45)(H,41,46)(H,43,44)(H,47,48)/t24?,26?,33-/m0/s1. The summed E-state index contributed by atoms with van der Waals surface area (Å²) in [6.07, 6.45) is 6.79. The lowest BCUT2D eigenvalue weighted by molar-refractivity contribution is -0.130. The van der Waals surface area contributed by atoms with Crippen molar-refractivity contribution in [2.75, 3.05) is 11.9 Å². The van der Waals surface area contributed by atoms with Gasteiger partial charge in [-0.25, -0.2) is 4.79 Å². The van der Waals surface area contributed by atoms with E-state index in [9.17, 15) is 24.3 Å². The third-order valence-corrected chi connectivity index (χ3v) is 9.94. The Kier molecular flexibility index (Phi) is 9.91. The number of H-pyrrole nitrogens is 1. The molecule has 0 unspecified atom stereocenters. The lowest BCUT2D eigenvalue weighted by atomic mass is 9.81. The number of hydrogen-bond donors (Lipinski definition) is 6. The number of amides is 3. The van der Waals surface area contributed by atoms with Crippen molar-refractivity contribution in [2.45, 2.75) is 70.4 Å². The van der Waals surface area contributed by atoms with Gasteiger partial charge in [0, 0.05) is 40.5 Å². The number of aryl methyl sites for hydroxylation is 1. The van der Waals surface area contributed by atoms with Crippen LogP contribution >= 0.6 is 0 Å². The molecule has 7 N–H and O–H groups in total. The number of carbonyl (C=O) groups is 4. The van der Waals surface area contributed by atoms with Crippen LogP contribution in [0.5, 0.6) is 0 Å². The molecular weight excluding hydrogens is 606 g/mol. The number of aromatic amines is 1. The highest BCUT2D eigenvalue weighted by atomic mass is 16.4. The SMILES string of the molecule is Cc1cc(C(=O)NC2CCC2)ccc1-c1ccc(C[C@H](NC(=O)C2CCC(CN)CC2)C(=O)Nc2ccc3cc(C(=O)O)[nH]c3c2)cc1. The number of benzene rings is 3. The van der Waals surface area contributed by atoms with E-state index in [0.29, 0.717) is 34.6 Å². The van der Waals surface area contributed by atoms with Crippen LogP contribution in [0.1, 0.15) is 76.9 Å². The summed E-state index contributed by atoms with van der Waals surface area (Å²) >= 11 is 0. The third-order valence-electron chi connectivity index (χ3n) is 9.94. The molecule has 2 aliphatic rings. The molecule has 1 heterocycles. The molecule has 4 aromatic rings. The van der Waals surface area contributed by atoms with Gasteiger partial charge in [-0.2, -0.15) is 0 Å². The molecule has 2 saturated carbocycles. The minimum absolute atomic E-state index is 0.0404. The first kappa shape index (κ1) is 33.0. The van der Waals surface area contributed by atoms with E-state index >= 15 is 0 Å². The van der Waals surface area contributed by atoms with Gasteiger partial charge in [0.2, 0.25) is 11.8 Å². The first-order chi connectivity index (χ1) is 23.2. The molecule has 0 saturated heterocycles. The Morgan fingerprint density at radius 3 is 2.31 bits per heavy atom. The Labute approximate surface area is 279 Å². The van der Waals surface area contributed by atoms with E-state index in [1.165, 1.54) is 6.07 Å². The second-order valence-corrected chi connectivity index (χ2v) is 13.3. The molecule has 1 aromatic heterocycles. The van der Waals surface area contributed by atoms with E-state index in [4.69, 9.17) is 5.73 Å². The van der Waals surface area contributed by atoms with Gasteiger partial charge in [0.05, 0.1) is 0 Å². The van der Waals surface area contributed by atoms with E-state index in [1.54, 1.807) is 18.2 Å². The summed E-state index contributed by atoms with van der Waals surface area (Å²) in [5.41, 5.74) is 11.5. The Morgan fingerprint density at radius 1 is 0.917 bits per heavy atom. The maximum absolute atomic E-state index is 13.7. The van der Waals surface area contributed by atoms with Gasteiger partial charge in [0.15, 0.2) is 0 Å². The van der Waals surface area contributed by atoms with Gasteiger partial charge in [-0.3, -0.25) is 14.4 Å². The van der Waals surface area contributed by atoms with Gasteiger partial charge in [-0.05, 0) is 117 Å². The van der Waals surface area contributed by atoms with E-state index in [1.807, 2.05) is 49.4 Å². The fourth-order valence-electron chi connectivity index (χ4n) is 6.71. The molecule has 250 valence electrons. The predicted molar refractivity (Wildman–Crippen MR) is 186 cm³/mol. The molecule has 48 heavy (non-hydrogen) atoms. The maximum atomic E-state index is 13.7. The first-order valence-corrected chi connectivity index (χ1v) is 16.8. The second-order valence-electron chi connectivity index (χ2n) is 13.3. The summed E-state index contributed by atoms with van der Waals surface area (Å²) in [5, 5.41) is 19.1. The fraction of sp³-hybridized carbons (Fsp3) is 0.368. The molecular formula is C38H43N5O5. The van der Waals surface area contributed by atoms with Gasteiger partial charge >= 0.3 is 5.97 Å². The summed E-state index contributed by atoms with van der Waals surface area (Å²) in [4.78, 5) is 54.0. The summed E-state index contributed by atoms with van der Waals surface area (Å²) in [6, 6.07) is 19.8. The van der Waals surface area contributed by atoms with Crippen LogP contribution in [0.25, 0.3) is 22.0 Å². The quantitative estimate of drug-likeness (QED) is 0.125.